The lowest BCUT2D eigenvalue weighted by molar-refractivity contribution is 0.0665. The number of nitrogens with two attached hydrogens (primary N) is 1. The molecule has 124 valence electrons. The first kappa shape index (κ1) is 16.2. The van der Waals surface area contributed by atoms with Crippen LogP contribution in [0.1, 0.15) is 40.9 Å². The number of furan rings is 1. The Kier molecular flexibility index (Phi) is 4.55. The van der Waals surface area contributed by atoms with Crippen molar-refractivity contribution < 1.29 is 9.21 Å². The van der Waals surface area contributed by atoms with E-state index in [1.54, 1.807) is 0 Å². The highest BCUT2D eigenvalue weighted by molar-refractivity contribution is 7.17. The number of hydrogen-bond acceptors (Lipinski definition) is 5. The Morgan fingerprint density at radius 3 is 2.91 bits per heavy atom. The van der Waals surface area contributed by atoms with Crippen LogP contribution in [0, 0.1) is 19.8 Å². The van der Waals surface area contributed by atoms with E-state index in [2.05, 4.69) is 4.98 Å². The number of carbonyl (C=O) groups excluding carboxylic acids is 1. The van der Waals surface area contributed by atoms with Gasteiger partial charge in [-0.15, -0.1) is 11.3 Å². The monoisotopic (exact) mass is 333 g/mol. The fourth-order valence-corrected chi connectivity index (χ4v) is 4.01. The zero-order valence-corrected chi connectivity index (χ0v) is 14.7. The number of amides is 1. The summed E-state index contributed by atoms with van der Waals surface area (Å²) in [5.41, 5.74) is 6.79. The number of piperidine rings is 1. The molecule has 0 radical (unpaired) electrons. The molecule has 2 N–H and O–H groups in total. The molecular weight excluding hydrogens is 310 g/mol. The molecule has 3 rings (SSSR count). The summed E-state index contributed by atoms with van der Waals surface area (Å²) in [6.07, 6.45) is 2.11. The average molecular weight is 333 g/mol. The van der Waals surface area contributed by atoms with Gasteiger partial charge in [-0.3, -0.25) is 4.79 Å². The van der Waals surface area contributed by atoms with Crippen LogP contribution >= 0.6 is 11.3 Å². The molecule has 23 heavy (non-hydrogen) atoms. The summed E-state index contributed by atoms with van der Waals surface area (Å²) >= 11 is 1.41. The lowest BCUT2D eigenvalue weighted by Crippen LogP contribution is -2.45. The Hall–Kier alpha value is -1.66. The number of carbonyl (C=O) groups is 1. The molecule has 2 unspecified atom stereocenters. The summed E-state index contributed by atoms with van der Waals surface area (Å²) in [6, 6.07) is 3.93. The number of aryl methyl sites for hydroxylation is 2. The minimum Gasteiger partial charge on any atom is -0.459 e. The summed E-state index contributed by atoms with van der Waals surface area (Å²) in [7, 11) is 0. The first-order valence-corrected chi connectivity index (χ1v) is 8.86. The van der Waals surface area contributed by atoms with Gasteiger partial charge in [-0.25, -0.2) is 4.98 Å². The van der Waals surface area contributed by atoms with Crippen LogP contribution in [0.4, 0.5) is 0 Å². The second-order valence-corrected chi connectivity index (χ2v) is 7.36. The molecule has 0 spiro atoms. The number of aromatic nitrogens is 1. The van der Waals surface area contributed by atoms with Crippen LogP contribution in [-0.2, 0) is 0 Å². The highest BCUT2D eigenvalue weighted by Crippen LogP contribution is 2.31. The van der Waals surface area contributed by atoms with E-state index in [0.29, 0.717) is 10.8 Å². The fraction of sp³-hybridized carbons (Fsp3) is 0.529. The molecule has 2 atom stereocenters. The molecule has 0 aromatic carbocycles. The van der Waals surface area contributed by atoms with Crippen molar-refractivity contribution in [1.82, 2.24) is 9.88 Å². The van der Waals surface area contributed by atoms with Crippen molar-refractivity contribution in [1.29, 1.82) is 0 Å². The molecule has 1 aliphatic rings. The fourth-order valence-electron chi connectivity index (χ4n) is 3.02. The number of rotatable bonds is 3. The molecule has 2 aromatic rings. The third kappa shape index (κ3) is 3.33. The van der Waals surface area contributed by atoms with Crippen LogP contribution in [0.2, 0.25) is 0 Å². The van der Waals surface area contributed by atoms with Gasteiger partial charge < -0.3 is 15.1 Å². The topological polar surface area (TPSA) is 72.4 Å². The van der Waals surface area contributed by atoms with Gasteiger partial charge in [0.2, 0.25) is 0 Å². The SMILES string of the molecule is Cc1ccc(-c2nc(C)c(C(=O)N3CCCC(C(C)N)C3)s2)o1. The number of likely N-dealkylation sites (tertiary alicyclic amines) is 1. The van der Waals surface area contributed by atoms with Gasteiger partial charge in [-0.2, -0.15) is 0 Å². The Morgan fingerprint density at radius 1 is 1.48 bits per heavy atom. The third-order valence-corrected chi connectivity index (χ3v) is 5.59. The van der Waals surface area contributed by atoms with Gasteiger partial charge >= 0.3 is 0 Å². The maximum atomic E-state index is 12.9. The number of hydrogen-bond donors (Lipinski definition) is 1. The Bertz CT molecular complexity index is 705. The van der Waals surface area contributed by atoms with Crippen LogP contribution in [-0.4, -0.2) is 34.9 Å². The van der Waals surface area contributed by atoms with Gasteiger partial charge in [0.1, 0.15) is 10.6 Å². The van der Waals surface area contributed by atoms with E-state index in [0.717, 1.165) is 48.2 Å². The average Bonchev–Trinajstić information content (AvgIpc) is 3.12. The molecule has 6 heteroatoms. The molecule has 1 saturated heterocycles. The molecule has 3 heterocycles. The summed E-state index contributed by atoms with van der Waals surface area (Å²) in [6.45, 7) is 7.35. The first-order valence-electron chi connectivity index (χ1n) is 8.05. The van der Waals surface area contributed by atoms with Gasteiger partial charge in [0.15, 0.2) is 10.8 Å². The molecule has 5 nitrogen and oxygen atoms in total. The van der Waals surface area contributed by atoms with Crippen molar-refractivity contribution in [2.75, 3.05) is 13.1 Å². The lowest BCUT2D eigenvalue weighted by Gasteiger charge is -2.34. The summed E-state index contributed by atoms with van der Waals surface area (Å²) in [5, 5.41) is 0.764. The molecular formula is C17H23N3O2S. The highest BCUT2D eigenvalue weighted by Gasteiger charge is 2.29. The maximum Gasteiger partial charge on any atom is 0.265 e. The molecule has 1 fully saturated rings. The van der Waals surface area contributed by atoms with E-state index in [1.165, 1.54) is 11.3 Å². The number of nitrogens with zero attached hydrogens (tertiary/aromatic N) is 2. The zero-order valence-electron chi connectivity index (χ0n) is 13.8. The minimum atomic E-state index is 0.0693. The smallest absolute Gasteiger partial charge is 0.265 e. The van der Waals surface area contributed by atoms with Crippen molar-refractivity contribution in [2.24, 2.45) is 11.7 Å². The van der Waals surface area contributed by atoms with Crippen molar-refractivity contribution in [3.8, 4) is 10.8 Å². The van der Waals surface area contributed by atoms with Gasteiger partial charge in [0.05, 0.1) is 5.69 Å². The van der Waals surface area contributed by atoms with Crippen LogP contribution < -0.4 is 5.73 Å². The predicted molar refractivity (Wildman–Crippen MR) is 91.6 cm³/mol. The standard InChI is InChI=1S/C17H23N3O2S/c1-10-6-7-14(22-10)16-19-12(3)15(23-16)17(21)20-8-4-5-13(9-20)11(2)18/h6-7,11,13H,4-5,8-9,18H2,1-3H3. The Labute approximate surface area is 140 Å². The molecule has 0 saturated carbocycles. The summed E-state index contributed by atoms with van der Waals surface area (Å²) < 4.78 is 5.62. The second-order valence-electron chi connectivity index (χ2n) is 6.36. The molecule has 1 aliphatic heterocycles. The number of thiazole rings is 1. The van der Waals surface area contributed by atoms with E-state index in [4.69, 9.17) is 10.2 Å². The largest absolute Gasteiger partial charge is 0.459 e. The first-order chi connectivity index (χ1) is 11.0. The van der Waals surface area contributed by atoms with E-state index in [9.17, 15) is 4.79 Å². The highest BCUT2D eigenvalue weighted by atomic mass is 32.1. The van der Waals surface area contributed by atoms with Crippen LogP contribution in [0.25, 0.3) is 10.8 Å². The van der Waals surface area contributed by atoms with Crippen LogP contribution in [0.5, 0.6) is 0 Å². The predicted octanol–water partition coefficient (Wildman–Crippen LogP) is 3.22. The van der Waals surface area contributed by atoms with Crippen molar-refractivity contribution in [3.05, 3.63) is 28.5 Å². The van der Waals surface area contributed by atoms with Gasteiger partial charge in [-0.1, -0.05) is 0 Å². The lowest BCUT2D eigenvalue weighted by atomic mass is 9.92. The van der Waals surface area contributed by atoms with Crippen molar-refractivity contribution >= 4 is 17.2 Å². The molecule has 1 amide bonds. The van der Waals surface area contributed by atoms with Crippen molar-refractivity contribution in [2.45, 2.75) is 39.7 Å². The maximum absolute atomic E-state index is 12.9. The van der Waals surface area contributed by atoms with Crippen LogP contribution in [0.15, 0.2) is 16.5 Å². The normalized spacial score (nSPS) is 19.8. The second kappa shape index (κ2) is 6.45. The Morgan fingerprint density at radius 2 is 2.26 bits per heavy atom. The quantitative estimate of drug-likeness (QED) is 0.936. The van der Waals surface area contributed by atoms with E-state index in [1.807, 2.05) is 37.8 Å². The Balaban J connectivity index is 1.81. The van der Waals surface area contributed by atoms with Gasteiger partial charge in [-0.05, 0) is 51.7 Å². The van der Waals surface area contributed by atoms with E-state index < -0.39 is 0 Å². The summed E-state index contributed by atoms with van der Waals surface area (Å²) in [4.78, 5) is 20.0. The zero-order chi connectivity index (χ0) is 16.6. The van der Waals surface area contributed by atoms with Gasteiger partial charge in [0.25, 0.3) is 5.91 Å². The van der Waals surface area contributed by atoms with Crippen LogP contribution in [0.3, 0.4) is 0 Å². The van der Waals surface area contributed by atoms with E-state index >= 15 is 0 Å². The minimum absolute atomic E-state index is 0.0693. The third-order valence-electron chi connectivity index (χ3n) is 4.43. The molecule has 0 aliphatic carbocycles. The molecule has 0 bridgehead atoms. The van der Waals surface area contributed by atoms with Crippen molar-refractivity contribution in [3.63, 3.8) is 0 Å². The summed E-state index contributed by atoms with van der Waals surface area (Å²) in [5.74, 6) is 2.02. The van der Waals surface area contributed by atoms with E-state index in [-0.39, 0.29) is 11.9 Å². The molecule has 2 aromatic heterocycles. The van der Waals surface area contributed by atoms with Gasteiger partial charge in [0, 0.05) is 19.1 Å².